The van der Waals surface area contributed by atoms with Crippen molar-refractivity contribution in [1.82, 2.24) is 4.57 Å². The van der Waals surface area contributed by atoms with Crippen molar-refractivity contribution in [3.05, 3.63) is 35.5 Å². The average Bonchev–Trinajstić information content (AvgIpc) is 2.55. The van der Waals surface area contributed by atoms with Crippen LogP contribution in [0.3, 0.4) is 0 Å². The Balaban J connectivity index is 2.73. The zero-order valence-electron chi connectivity index (χ0n) is 9.32. The largest absolute Gasteiger partial charge is 0.350 e. The molecule has 1 aromatic heterocycles. The van der Waals surface area contributed by atoms with Gasteiger partial charge in [0.1, 0.15) is 0 Å². The quantitative estimate of drug-likeness (QED) is 0.684. The number of carbonyl (C=O) groups excluding carboxylic acids is 1. The summed E-state index contributed by atoms with van der Waals surface area (Å²) in [5.74, 6) is 0.495. The number of hydrogen-bond acceptors (Lipinski definition) is 1. The summed E-state index contributed by atoms with van der Waals surface area (Å²) in [4.78, 5) is 10.9. The second-order valence-corrected chi connectivity index (χ2v) is 4.24. The number of aryl methyl sites for hydroxylation is 1. The minimum Gasteiger partial charge on any atom is -0.350 e. The Labute approximate surface area is 89.5 Å². The molecule has 2 nitrogen and oxygen atoms in total. The smallest absolute Gasteiger partial charge is 0.152 e. The number of nitrogens with zero attached hydrogens (tertiary/aromatic N) is 1. The molecule has 1 aromatic carbocycles. The Kier molecular flexibility index (Phi) is 2.35. The lowest BCUT2D eigenvalue weighted by atomic mass is 10.0. The van der Waals surface area contributed by atoms with Crippen molar-refractivity contribution in [2.45, 2.75) is 19.8 Å². The van der Waals surface area contributed by atoms with Crippen LogP contribution >= 0.6 is 0 Å². The first kappa shape index (κ1) is 9.97. The molecule has 0 N–H and O–H groups in total. The molecule has 0 bridgehead atoms. The summed E-state index contributed by atoms with van der Waals surface area (Å²) in [5.41, 5.74) is 3.16. The molecule has 2 heteroatoms. The van der Waals surface area contributed by atoms with Crippen LogP contribution in [0.4, 0.5) is 0 Å². The van der Waals surface area contributed by atoms with E-state index in [2.05, 4.69) is 32.0 Å². The Morgan fingerprint density at radius 2 is 2.07 bits per heavy atom. The van der Waals surface area contributed by atoms with E-state index >= 15 is 0 Å². The number of fused-ring (bicyclic) bond motifs is 1. The van der Waals surface area contributed by atoms with Gasteiger partial charge < -0.3 is 4.57 Å². The van der Waals surface area contributed by atoms with Crippen molar-refractivity contribution < 1.29 is 4.79 Å². The van der Waals surface area contributed by atoms with Crippen molar-refractivity contribution in [3.63, 3.8) is 0 Å². The fourth-order valence-electron chi connectivity index (χ4n) is 1.89. The van der Waals surface area contributed by atoms with Crippen molar-refractivity contribution in [2.75, 3.05) is 0 Å². The lowest BCUT2D eigenvalue weighted by Gasteiger charge is -2.05. The minimum atomic E-state index is 0.495. The van der Waals surface area contributed by atoms with Crippen LogP contribution in [0, 0.1) is 0 Å². The second-order valence-electron chi connectivity index (χ2n) is 4.24. The monoisotopic (exact) mass is 201 g/mol. The average molecular weight is 201 g/mol. The SMILES string of the molecule is CC(C)c1ccc2c(c1)c(C=O)cn2C. The van der Waals surface area contributed by atoms with Crippen LogP contribution in [-0.2, 0) is 7.05 Å². The first-order valence-corrected chi connectivity index (χ1v) is 5.17. The third-order valence-electron chi connectivity index (χ3n) is 2.84. The van der Waals surface area contributed by atoms with E-state index in [4.69, 9.17) is 0 Å². The number of benzene rings is 1. The molecule has 0 unspecified atom stereocenters. The molecular formula is C13H15NO. The third-order valence-corrected chi connectivity index (χ3v) is 2.84. The summed E-state index contributed by atoms with van der Waals surface area (Å²) in [6.45, 7) is 4.31. The zero-order chi connectivity index (χ0) is 11.0. The number of carbonyl (C=O) groups is 1. The molecule has 0 radical (unpaired) electrons. The maximum atomic E-state index is 10.9. The zero-order valence-corrected chi connectivity index (χ0v) is 9.32. The van der Waals surface area contributed by atoms with Gasteiger partial charge in [-0.15, -0.1) is 0 Å². The predicted octanol–water partition coefficient (Wildman–Crippen LogP) is 3.11. The molecule has 2 rings (SSSR count). The molecule has 0 spiro atoms. The van der Waals surface area contributed by atoms with E-state index in [1.165, 1.54) is 5.56 Å². The summed E-state index contributed by atoms with van der Waals surface area (Å²) >= 11 is 0. The van der Waals surface area contributed by atoms with Crippen LogP contribution in [0.1, 0.15) is 35.7 Å². The van der Waals surface area contributed by atoms with Crippen LogP contribution in [-0.4, -0.2) is 10.9 Å². The molecule has 15 heavy (non-hydrogen) atoms. The van der Waals surface area contributed by atoms with Gasteiger partial charge in [0, 0.05) is 29.7 Å². The van der Waals surface area contributed by atoms with Gasteiger partial charge in [-0.25, -0.2) is 0 Å². The van der Waals surface area contributed by atoms with Crippen LogP contribution in [0.25, 0.3) is 10.9 Å². The highest BCUT2D eigenvalue weighted by Gasteiger charge is 2.07. The maximum Gasteiger partial charge on any atom is 0.152 e. The summed E-state index contributed by atoms with van der Waals surface area (Å²) in [7, 11) is 1.96. The normalized spacial score (nSPS) is 11.2. The molecule has 0 aliphatic carbocycles. The molecule has 0 saturated heterocycles. The molecule has 0 aliphatic rings. The highest BCUT2D eigenvalue weighted by molar-refractivity contribution is 5.97. The molecule has 2 aromatic rings. The molecule has 1 heterocycles. The van der Waals surface area contributed by atoms with Crippen LogP contribution in [0.5, 0.6) is 0 Å². The number of aldehydes is 1. The van der Waals surface area contributed by atoms with E-state index in [0.717, 1.165) is 22.8 Å². The van der Waals surface area contributed by atoms with E-state index in [1.807, 2.05) is 17.8 Å². The third kappa shape index (κ3) is 1.56. The Morgan fingerprint density at radius 3 is 2.67 bits per heavy atom. The first-order chi connectivity index (χ1) is 7.13. The van der Waals surface area contributed by atoms with Crippen LogP contribution in [0.15, 0.2) is 24.4 Å². The number of aromatic nitrogens is 1. The van der Waals surface area contributed by atoms with Gasteiger partial charge in [0.25, 0.3) is 0 Å². The molecule has 0 atom stereocenters. The summed E-state index contributed by atoms with van der Waals surface area (Å²) in [6, 6.07) is 6.32. The highest BCUT2D eigenvalue weighted by atomic mass is 16.1. The van der Waals surface area contributed by atoms with Gasteiger partial charge >= 0.3 is 0 Å². The Hall–Kier alpha value is -1.57. The molecule has 0 amide bonds. The Morgan fingerprint density at radius 1 is 1.33 bits per heavy atom. The van der Waals surface area contributed by atoms with E-state index in [9.17, 15) is 4.79 Å². The summed E-state index contributed by atoms with van der Waals surface area (Å²) in [5, 5.41) is 1.05. The molecule has 0 fully saturated rings. The molecule has 78 valence electrons. The van der Waals surface area contributed by atoms with E-state index in [1.54, 1.807) is 0 Å². The number of rotatable bonds is 2. The molecular weight excluding hydrogens is 186 g/mol. The van der Waals surface area contributed by atoms with Gasteiger partial charge in [-0.3, -0.25) is 4.79 Å². The highest BCUT2D eigenvalue weighted by Crippen LogP contribution is 2.24. The van der Waals surface area contributed by atoms with Gasteiger partial charge in [0.2, 0.25) is 0 Å². The maximum absolute atomic E-state index is 10.9. The van der Waals surface area contributed by atoms with Gasteiger partial charge in [0.05, 0.1) is 0 Å². The van der Waals surface area contributed by atoms with Crippen molar-refractivity contribution >= 4 is 17.2 Å². The van der Waals surface area contributed by atoms with Crippen molar-refractivity contribution in [3.8, 4) is 0 Å². The number of hydrogen-bond donors (Lipinski definition) is 0. The molecule has 0 aliphatic heterocycles. The Bertz CT molecular complexity index is 508. The standard InChI is InChI=1S/C13H15NO/c1-9(2)10-4-5-13-12(6-10)11(8-15)7-14(13)3/h4-9H,1-3H3. The fraction of sp³-hybridized carbons (Fsp3) is 0.308. The summed E-state index contributed by atoms with van der Waals surface area (Å²) in [6.07, 6.45) is 2.80. The van der Waals surface area contributed by atoms with Gasteiger partial charge in [-0.05, 0) is 23.6 Å². The van der Waals surface area contributed by atoms with Gasteiger partial charge in [0.15, 0.2) is 6.29 Å². The summed E-state index contributed by atoms with van der Waals surface area (Å²) < 4.78 is 1.99. The fourth-order valence-corrected chi connectivity index (χ4v) is 1.89. The van der Waals surface area contributed by atoms with E-state index in [0.29, 0.717) is 5.92 Å². The lowest BCUT2D eigenvalue weighted by Crippen LogP contribution is -1.88. The molecule has 0 saturated carbocycles. The van der Waals surface area contributed by atoms with Crippen molar-refractivity contribution in [2.24, 2.45) is 7.05 Å². The predicted molar refractivity (Wildman–Crippen MR) is 62.4 cm³/mol. The topological polar surface area (TPSA) is 22.0 Å². The van der Waals surface area contributed by atoms with Gasteiger partial charge in [-0.1, -0.05) is 19.9 Å². The van der Waals surface area contributed by atoms with Crippen LogP contribution < -0.4 is 0 Å². The van der Waals surface area contributed by atoms with Gasteiger partial charge in [-0.2, -0.15) is 0 Å². The first-order valence-electron chi connectivity index (χ1n) is 5.17. The van der Waals surface area contributed by atoms with Crippen molar-refractivity contribution in [1.29, 1.82) is 0 Å². The van der Waals surface area contributed by atoms with Crippen LogP contribution in [0.2, 0.25) is 0 Å². The second kappa shape index (κ2) is 3.54. The van der Waals surface area contributed by atoms with E-state index in [-0.39, 0.29) is 0 Å². The lowest BCUT2D eigenvalue weighted by molar-refractivity contribution is 0.112. The van der Waals surface area contributed by atoms with E-state index < -0.39 is 0 Å². The minimum absolute atomic E-state index is 0.495.